The Labute approximate surface area is 98.0 Å². The van der Waals surface area contributed by atoms with Crippen LogP contribution in [0.4, 0.5) is 0 Å². The third-order valence-corrected chi connectivity index (χ3v) is 7.06. The molecule has 0 aliphatic heterocycles. The fraction of sp³-hybridized carbons (Fsp3) is 0.933. The minimum Gasteiger partial charge on any atom is -0.303 e. The summed E-state index contributed by atoms with van der Waals surface area (Å²) in [7, 11) is 0. The van der Waals surface area contributed by atoms with E-state index in [1.807, 2.05) is 0 Å². The van der Waals surface area contributed by atoms with Crippen molar-refractivity contribution in [2.24, 2.45) is 46.3 Å². The first-order valence-corrected chi connectivity index (χ1v) is 6.97. The molecule has 0 heterocycles. The maximum atomic E-state index is 11.4. The minimum absolute atomic E-state index is 0.372. The van der Waals surface area contributed by atoms with Gasteiger partial charge in [0.15, 0.2) is 0 Å². The lowest BCUT2D eigenvalue weighted by Crippen LogP contribution is -2.56. The highest BCUT2D eigenvalue weighted by atomic mass is 16.1. The lowest BCUT2D eigenvalue weighted by Gasteiger charge is -2.61. The monoisotopic (exact) mass is 218 g/mol. The van der Waals surface area contributed by atoms with E-state index in [1.165, 1.54) is 25.5 Å². The van der Waals surface area contributed by atoms with E-state index in [0.717, 1.165) is 23.7 Å². The number of hydrogen-bond donors (Lipinski definition) is 0. The molecular weight excluding hydrogens is 196 g/mol. The van der Waals surface area contributed by atoms with Gasteiger partial charge in [0.25, 0.3) is 0 Å². The van der Waals surface area contributed by atoms with Crippen LogP contribution >= 0.6 is 0 Å². The Morgan fingerprint density at radius 3 is 2.69 bits per heavy atom. The van der Waals surface area contributed by atoms with Crippen LogP contribution in [0.2, 0.25) is 0 Å². The summed E-state index contributed by atoms with van der Waals surface area (Å²) in [5.74, 6) is 4.90. The van der Waals surface area contributed by atoms with Crippen LogP contribution in [0, 0.1) is 46.3 Å². The second kappa shape index (κ2) is 2.42. The first kappa shape index (κ1) is 9.67. The molecule has 0 amide bonds. The molecular formula is C15H22O. The van der Waals surface area contributed by atoms with E-state index in [4.69, 9.17) is 0 Å². The topological polar surface area (TPSA) is 17.1 Å². The summed E-state index contributed by atoms with van der Waals surface area (Å²) in [4.78, 5) is 11.4. The Morgan fingerprint density at radius 2 is 2.00 bits per heavy atom. The molecule has 5 rings (SSSR count). The van der Waals surface area contributed by atoms with Gasteiger partial charge in [-0.25, -0.2) is 0 Å². The van der Waals surface area contributed by atoms with Gasteiger partial charge in [-0.15, -0.1) is 0 Å². The summed E-state index contributed by atoms with van der Waals surface area (Å²) in [6, 6.07) is 0. The Kier molecular flexibility index (Phi) is 1.46. The van der Waals surface area contributed by atoms with Crippen LogP contribution < -0.4 is 0 Å². The number of hydrogen-bond acceptors (Lipinski definition) is 1. The quantitative estimate of drug-likeness (QED) is 0.618. The molecule has 1 heteroatoms. The van der Waals surface area contributed by atoms with Gasteiger partial charge in [-0.3, -0.25) is 0 Å². The normalized spacial score (nSPS) is 64.2. The smallest absolute Gasteiger partial charge is 0.123 e. The van der Waals surface area contributed by atoms with Crippen molar-refractivity contribution in [1.82, 2.24) is 0 Å². The number of fused-ring (bicyclic) bond motifs is 1. The molecule has 7 atom stereocenters. The van der Waals surface area contributed by atoms with Gasteiger partial charge >= 0.3 is 0 Å². The Balaban J connectivity index is 1.91. The molecule has 0 spiro atoms. The summed E-state index contributed by atoms with van der Waals surface area (Å²) in [5, 5.41) is 0. The van der Waals surface area contributed by atoms with Gasteiger partial charge in [0.2, 0.25) is 0 Å². The molecule has 5 fully saturated rings. The average molecular weight is 218 g/mol. The van der Waals surface area contributed by atoms with Crippen molar-refractivity contribution in [3.63, 3.8) is 0 Å². The number of carbonyl (C=O) groups is 1. The summed E-state index contributed by atoms with van der Waals surface area (Å²) in [5.41, 5.74) is 0.933. The molecule has 0 aromatic rings. The van der Waals surface area contributed by atoms with Gasteiger partial charge in [-0.05, 0) is 59.7 Å². The third-order valence-electron chi connectivity index (χ3n) is 7.06. The molecule has 4 bridgehead atoms. The predicted octanol–water partition coefficient (Wildman–Crippen LogP) is 3.14. The fourth-order valence-electron chi connectivity index (χ4n) is 6.94. The molecule has 5 aliphatic rings. The van der Waals surface area contributed by atoms with Crippen LogP contribution in [0.15, 0.2) is 0 Å². The van der Waals surface area contributed by atoms with Crippen LogP contribution in [0.5, 0.6) is 0 Å². The zero-order valence-corrected chi connectivity index (χ0v) is 10.6. The van der Waals surface area contributed by atoms with Crippen molar-refractivity contribution in [2.45, 2.75) is 40.0 Å². The van der Waals surface area contributed by atoms with E-state index in [-0.39, 0.29) is 0 Å². The summed E-state index contributed by atoms with van der Waals surface area (Å²) in [6.45, 7) is 7.41. The van der Waals surface area contributed by atoms with Gasteiger partial charge in [-0.2, -0.15) is 0 Å². The predicted molar refractivity (Wildman–Crippen MR) is 62.7 cm³/mol. The summed E-state index contributed by atoms with van der Waals surface area (Å²) >= 11 is 0. The Morgan fingerprint density at radius 1 is 1.25 bits per heavy atom. The molecule has 0 saturated heterocycles. The summed E-state index contributed by atoms with van der Waals surface area (Å²) in [6.07, 6.45) is 5.35. The number of aldehydes is 1. The molecule has 1 nitrogen and oxygen atoms in total. The highest BCUT2D eigenvalue weighted by Crippen LogP contribution is 2.82. The van der Waals surface area contributed by atoms with Crippen LogP contribution in [0.25, 0.3) is 0 Å². The van der Waals surface area contributed by atoms with Gasteiger partial charge in [0.05, 0.1) is 0 Å². The maximum absolute atomic E-state index is 11.4. The SMILES string of the molecule is CC1(C)C2CCC3(C)C4C(CC(C=O)C13)C24. The van der Waals surface area contributed by atoms with Crippen LogP contribution in [-0.2, 0) is 4.79 Å². The van der Waals surface area contributed by atoms with Crippen molar-refractivity contribution < 1.29 is 4.79 Å². The van der Waals surface area contributed by atoms with E-state index < -0.39 is 0 Å². The zero-order chi connectivity index (χ0) is 11.3. The molecule has 16 heavy (non-hydrogen) atoms. The van der Waals surface area contributed by atoms with E-state index >= 15 is 0 Å². The van der Waals surface area contributed by atoms with Crippen molar-refractivity contribution in [3.8, 4) is 0 Å². The Hall–Kier alpha value is -0.330. The molecule has 5 aliphatic carbocycles. The van der Waals surface area contributed by atoms with Crippen molar-refractivity contribution in [1.29, 1.82) is 0 Å². The molecule has 5 saturated carbocycles. The molecule has 0 aromatic heterocycles. The van der Waals surface area contributed by atoms with Gasteiger partial charge in [0, 0.05) is 5.92 Å². The van der Waals surface area contributed by atoms with Crippen molar-refractivity contribution in [3.05, 3.63) is 0 Å². The molecule has 0 N–H and O–H groups in total. The third kappa shape index (κ3) is 0.762. The minimum atomic E-state index is 0.372. The van der Waals surface area contributed by atoms with Crippen LogP contribution in [0.1, 0.15) is 40.0 Å². The highest BCUT2D eigenvalue weighted by molar-refractivity contribution is 5.56. The lowest BCUT2D eigenvalue weighted by atomic mass is 9.43. The van der Waals surface area contributed by atoms with E-state index in [2.05, 4.69) is 20.8 Å². The van der Waals surface area contributed by atoms with E-state index in [1.54, 1.807) is 0 Å². The molecule has 0 aromatic carbocycles. The van der Waals surface area contributed by atoms with Gasteiger partial charge < -0.3 is 4.79 Å². The second-order valence-electron chi connectivity index (χ2n) is 7.75. The Bertz CT molecular complexity index is 372. The standard InChI is InChI=1S/C15H22O/c1-14(2)10-4-5-15(3)12-9(11(10)12)6-8(7-16)13(14)15/h7-13H,4-6H2,1-3H3. The number of carbonyl (C=O) groups excluding carboxylic acids is 1. The van der Waals surface area contributed by atoms with E-state index in [9.17, 15) is 4.79 Å². The second-order valence-corrected chi connectivity index (χ2v) is 7.75. The average Bonchev–Trinajstić information content (AvgIpc) is 2.92. The first-order valence-electron chi connectivity index (χ1n) is 6.97. The largest absolute Gasteiger partial charge is 0.303 e. The van der Waals surface area contributed by atoms with Crippen molar-refractivity contribution >= 4 is 6.29 Å². The van der Waals surface area contributed by atoms with Crippen LogP contribution in [-0.4, -0.2) is 6.29 Å². The fourth-order valence-corrected chi connectivity index (χ4v) is 6.94. The number of rotatable bonds is 1. The molecule has 88 valence electrons. The van der Waals surface area contributed by atoms with E-state index in [0.29, 0.717) is 22.7 Å². The van der Waals surface area contributed by atoms with Crippen molar-refractivity contribution in [2.75, 3.05) is 0 Å². The van der Waals surface area contributed by atoms with Gasteiger partial charge in [0.1, 0.15) is 6.29 Å². The lowest BCUT2D eigenvalue weighted by molar-refractivity contribution is -0.149. The first-order chi connectivity index (χ1) is 7.52. The summed E-state index contributed by atoms with van der Waals surface area (Å²) < 4.78 is 0. The molecule has 0 radical (unpaired) electrons. The zero-order valence-electron chi connectivity index (χ0n) is 10.6. The van der Waals surface area contributed by atoms with Gasteiger partial charge in [-0.1, -0.05) is 20.8 Å². The maximum Gasteiger partial charge on any atom is 0.123 e. The highest BCUT2D eigenvalue weighted by Gasteiger charge is 2.77. The molecule has 7 unspecified atom stereocenters. The van der Waals surface area contributed by atoms with Crippen LogP contribution in [0.3, 0.4) is 0 Å².